The minimum atomic E-state index is -0.141. The first-order valence-electron chi connectivity index (χ1n) is 11.8. The zero-order valence-electron chi connectivity index (χ0n) is 20.5. The molecule has 1 aromatic heterocycles. The number of benzene rings is 2. The van der Waals surface area contributed by atoms with E-state index in [-0.39, 0.29) is 5.91 Å². The van der Waals surface area contributed by atoms with Crippen molar-refractivity contribution < 1.29 is 14.3 Å². The van der Waals surface area contributed by atoms with Crippen molar-refractivity contribution >= 4 is 29.3 Å². The van der Waals surface area contributed by atoms with Gasteiger partial charge in [-0.05, 0) is 82.2 Å². The van der Waals surface area contributed by atoms with E-state index in [4.69, 9.17) is 21.7 Å². The minimum Gasteiger partial charge on any atom is -0.490 e. The summed E-state index contributed by atoms with van der Waals surface area (Å²) in [7, 11) is 0. The Bertz CT molecular complexity index is 1270. The summed E-state index contributed by atoms with van der Waals surface area (Å²) in [4.78, 5) is 14.8. The third kappa shape index (κ3) is 5.22. The third-order valence-corrected chi connectivity index (χ3v) is 6.15. The molecular weight excluding hydrogens is 460 g/mol. The van der Waals surface area contributed by atoms with Gasteiger partial charge in [0.05, 0.1) is 24.6 Å². The molecule has 0 atom stereocenters. The Kier molecular flexibility index (Phi) is 7.51. The average molecular weight is 491 g/mol. The van der Waals surface area contributed by atoms with E-state index in [1.54, 1.807) is 4.90 Å². The van der Waals surface area contributed by atoms with E-state index in [9.17, 15) is 4.79 Å². The van der Waals surface area contributed by atoms with E-state index in [1.807, 2.05) is 87.0 Å². The summed E-state index contributed by atoms with van der Waals surface area (Å²) in [5.41, 5.74) is 5.18. The maximum Gasteiger partial charge on any atom is 0.276 e. The fourth-order valence-electron chi connectivity index (χ4n) is 4.10. The highest BCUT2D eigenvalue weighted by Gasteiger charge is 2.31. The minimum absolute atomic E-state index is 0.141. The van der Waals surface area contributed by atoms with Crippen molar-refractivity contribution in [2.24, 2.45) is 0 Å². The van der Waals surface area contributed by atoms with E-state index in [0.29, 0.717) is 42.7 Å². The molecule has 1 aliphatic heterocycles. The molecule has 0 unspecified atom stereocenters. The number of nitrogens with one attached hydrogen (secondary N) is 1. The zero-order valence-corrected chi connectivity index (χ0v) is 21.3. The van der Waals surface area contributed by atoms with Crippen molar-refractivity contribution in [3.05, 3.63) is 76.7 Å². The summed E-state index contributed by atoms with van der Waals surface area (Å²) in [5.74, 6) is 1.29. The van der Waals surface area contributed by atoms with Crippen LogP contribution in [0.3, 0.4) is 0 Å². The van der Waals surface area contributed by atoms with E-state index in [1.165, 1.54) is 0 Å². The second kappa shape index (κ2) is 10.7. The standard InChI is InChI=1S/C27H30N4O3S/c1-5-33-24-13-12-20(16-25(24)34-6-2)14-15-30-26(32)23(28-27(30)35)17-22-18(3)29-31(19(22)4)21-10-8-7-9-11-21/h7-13,16-17H,5-6,14-15H2,1-4H3,(H,28,35)/b23-17+. The molecule has 3 aromatic rings. The highest BCUT2D eigenvalue weighted by Crippen LogP contribution is 2.29. The number of hydrogen-bond donors (Lipinski definition) is 1. The lowest BCUT2D eigenvalue weighted by Gasteiger charge is -2.15. The van der Waals surface area contributed by atoms with Gasteiger partial charge >= 0.3 is 0 Å². The van der Waals surface area contributed by atoms with Crippen LogP contribution in [0, 0.1) is 13.8 Å². The Morgan fingerprint density at radius 3 is 2.46 bits per heavy atom. The van der Waals surface area contributed by atoms with Crippen LogP contribution in [0.4, 0.5) is 0 Å². The topological polar surface area (TPSA) is 68.6 Å². The van der Waals surface area contributed by atoms with Gasteiger partial charge in [0.25, 0.3) is 5.91 Å². The Morgan fingerprint density at radius 1 is 1.03 bits per heavy atom. The van der Waals surface area contributed by atoms with Crippen molar-refractivity contribution in [1.29, 1.82) is 0 Å². The van der Waals surface area contributed by atoms with Gasteiger partial charge in [-0.3, -0.25) is 9.69 Å². The van der Waals surface area contributed by atoms with E-state index < -0.39 is 0 Å². The lowest BCUT2D eigenvalue weighted by Crippen LogP contribution is -2.32. The average Bonchev–Trinajstić information content (AvgIpc) is 3.29. The van der Waals surface area contributed by atoms with Crippen LogP contribution in [0.15, 0.2) is 54.2 Å². The summed E-state index contributed by atoms with van der Waals surface area (Å²) in [6.45, 7) is 9.40. The molecule has 7 nitrogen and oxygen atoms in total. The van der Waals surface area contributed by atoms with Crippen LogP contribution in [-0.4, -0.2) is 45.5 Å². The third-order valence-electron chi connectivity index (χ3n) is 5.83. The largest absolute Gasteiger partial charge is 0.490 e. The molecule has 1 N–H and O–H groups in total. The van der Waals surface area contributed by atoms with Crippen LogP contribution in [-0.2, 0) is 11.2 Å². The molecule has 0 radical (unpaired) electrons. The molecule has 1 saturated heterocycles. The number of aromatic nitrogens is 2. The first-order chi connectivity index (χ1) is 16.9. The normalized spacial score (nSPS) is 14.5. The molecule has 182 valence electrons. The zero-order chi connectivity index (χ0) is 24.9. The van der Waals surface area contributed by atoms with Crippen LogP contribution in [0.1, 0.15) is 36.4 Å². The Morgan fingerprint density at radius 2 is 1.74 bits per heavy atom. The lowest BCUT2D eigenvalue weighted by molar-refractivity contribution is -0.122. The number of nitrogens with zero attached hydrogens (tertiary/aromatic N) is 3. The summed E-state index contributed by atoms with van der Waals surface area (Å²) < 4.78 is 13.3. The molecule has 0 saturated carbocycles. The highest BCUT2D eigenvalue weighted by atomic mass is 32.1. The SMILES string of the molecule is CCOc1ccc(CCN2C(=O)/C(=C\c3c(C)nn(-c4ccccc4)c3C)NC2=S)cc1OCC. The number of aryl methyl sites for hydroxylation is 1. The second-order valence-electron chi connectivity index (χ2n) is 8.17. The summed E-state index contributed by atoms with van der Waals surface area (Å²) in [5, 5.41) is 8.16. The molecule has 0 aliphatic carbocycles. The fourth-order valence-corrected chi connectivity index (χ4v) is 4.38. The van der Waals surface area contributed by atoms with Crippen molar-refractivity contribution in [1.82, 2.24) is 20.0 Å². The Balaban J connectivity index is 1.50. The quantitative estimate of drug-likeness (QED) is 0.350. The number of carbonyl (C=O) groups is 1. The number of hydrogen-bond acceptors (Lipinski definition) is 5. The predicted molar refractivity (Wildman–Crippen MR) is 141 cm³/mol. The van der Waals surface area contributed by atoms with Crippen molar-refractivity contribution in [2.45, 2.75) is 34.1 Å². The molecule has 2 aromatic carbocycles. The van der Waals surface area contributed by atoms with Crippen molar-refractivity contribution in [3.8, 4) is 17.2 Å². The summed E-state index contributed by atoms with van der Waals surface area (Å²) >= 11 is 5.48. The molecule has 0 bridgehead atoms. The molecule has 8 heteroatoms. The van der Waals surface area contributed by atoms with E-state index in [0.717, 1.165) is 34.0 Å². The maximum atomic E-state index is 13.2. The molecule has 1 amide bonds. The molecule has 4 rings (SSSR count). The van der Waals surface area contributed by atoms with Gasteiger partial charge in [0.1, 0.15) is 5.70 Å². The molecule has 1 fully saturated rings. The van der Waals surface area contributed by atoms with Gasteiger partial charge in [0.15, 0.2) is 16.6 Å². The molecular formula is C27H30N4O3S. The number of carbonyl (C=O) groups excluding carboxylic acids is 1. The highest BCUT2D eigenvalue weighted by molar-refractivity contribution is 7.80. The van der Waals surface area contributed by atoms with Gasteiger partial charge in [0.2, 0.25) is 0 Å². The molecule has 35 heavy (non-hydrogen) atoms. The number of amides is 1. The van der Waals surface area contributed by atoms with Gasteiger partial charge < -0.3 is 14.8 Å². The molecule has 1 aliphatic rings. The van der Waals surface area contributed by atoms with Gasteiger partial charge in [-0.1, -0.05) is 24.3 Å². The molecule has 2 heterocycles. The summed E-state index contributed by atoms with van der Waals surface area (Å²) in [6.07, 6.45) is 2.48. The maximum absolute atomic E-state index is 13.2. The van der Waals surface area contributed by atoms with Gasteiger partial charge in [-0.2, -0.15) is 5.10 Å². The summed E-state index contributed by atoms with van der Waals surface area (Å²) in [6, 6.07) is 15.8. The lowest BCUT2D eigenvalue weighted by atomic mass is 10.1. The van der Waals surface area contributed by atoms with Crippen molar-refractivity contribution in [2.75, 3.05) is 19.8 Å². The van der Waals surface area contributed by atoms with E-state index in [2.05, 4.69) is 10.4 Å². The smallest absolute Gasteiger partial charge is 0.276 e. The number of thiocarbonyl (C=S) groups is 1. The first-order valence-corrected chi connectivity index (χ1v) is 12.2. The van der Waals surface area contributed by atoms with Crippen LogP contribution in [0.25, 0.3) is 11.8 Å². The Labute approximate surface area is 211 Å². The fraction of sp³-hybridized carbons (Fsp3) is 0.296. The van der Waals surface area contributed by atoms with Gasteiger partial charge in [0, 0.05) is 17.8 Å². The molecule has 0 spiro atoms. The predicted octanol–water partition coefficient (Wildman–Crippen LogP) is 4.59. The van der Waals surface area contributed by atoms with Gasteiger partial charge in [-0.25, -0.2) is 4.68 Å². The first kappa shape index (κ1) is 24.5. The monoisotopic (exact) mass is 490 g/mol. The Hall–Kier alpha value is -3.65. The number of para-hydroxylation sites is 1. The van der Waals surface area contributed by atoms with Crippen LogP contribution >= 0.6 is 12.2 Å². The van der Waals surface area contributed by atoms with Crippen LogP contribution < -0.4 is 14.8 Å². The second-order valence-corrected chi connectivity index (χ2v) is 8.56. The number of rotatable bonds is 9. The van der Waals surface area contributed by atoms with Crippen LogP contribution in [0.2, 0.25) is 0 Å². The van der Waals surface area contributed by atoms with E-state index >= 15 is 0 Å². The van der Waals surface area contributed by atoms with Crippen LogP contribution in [0.5, 0.6) is 11.5 Å². The van der Waals surface area contributed by atoms with Crippen molar-refractivity contribution in [3.63, 3.8) is 0 Å². The van der Waals surface area contributed by atoms with Gasteiger partial charge in [-0.15, -0.1) is 0 Å². The number of ether oxygens (including phenoxy) is 2.